The zero-order valence-electron chi connectivity index (χ0n) is 11.6. The Morgan fingerprint density at radius 1 is 1.35 bits per heavy atom. The molecule has 1 aliphatic rings. The van der Waals surface area contributed by atoms with Crippen LogP contribution in [0.3, 0.4) is 0 Å². The minimum absolute atomic E-state index is 0.454. The summed E-state index contributed by atoms with van der Waals surface area (Å²) >= 11 is 0. The third-order valence-electron chi connectivity index (χ3n) is 3.64. The molecule has 96 valence electrons. The number of aryl methyl sites for hydroxylation is 2. The van der Waals surface area contributed by atoms with Gasteiger partial charge >= 0.3 is 0 Å². The maximum absolute atomic E-state index is 4.44. The maximum Gasteiger partial charge on any atom is 0.0641 e. The fourth-order valence-corrected chi connectivity index (χ4v) is 2.91. The fraction of sp³-hybridized carbons (Fsp3) is 0.769. The summed E-state index contributed by atoms with van der Waals surface area (Å²) in [6, 6.07) is 1.59. The lowest BCUT2D eigenvalue weighted by molar-refractivity contribution is 0.131. The molecule has 4 heteroatoms. The van der Waals surface area contributed by atoms with Gasteiger partial charge in [0.05, 0.1) is 5.69 Å². The van der Waals surface area contributed by atoms with Crippen LogP contribution in [0.2, 0.25) is 0 Å². The Hall–Kier alpha value is -0.870. The molecule has 2 heterocycles. The van der Waals surface area contributed by atoms with Crippen LogP contribution in [-0.2, 0) is 7.05 Å². The van der Waals surface area contributed by atoms with Crippen LogP contribution in [0, 0.1) is 6.92 Å². The van der Waals surface area contributed by atoms with Crippen molar-refractivity contribution in [2.24, 2.45) is 7.05 Å². The third kappa shape index (κ3) is 2.69. The van der Waals surface area contributed by atoms with Gasteiger partial charge in [0.2, 0.25) is 0 Å². The van der Waals surface area contributed by atoms with Crippen molar-refractivity contribution in [1.82, 2.24) is 20.0 Å². The molecule has 0 saturated carbocycles. The Labute approximate surface area is 104 Å². The first-order valence-electron chi connectivity index (χ1n) is 6.47. The molecular formula is C13H24N4. The lowest BCUT2D eigenvalue weighted by atomic mass is 10.0. The van der Waals surface area contributed by atoms with E-state index in [1.165, 1.54) is 5.56 Å². The average Bonchev–Trinajstić information content (AvgIpc) is 2.55. The van der Waals surface area contributed by atoms with Gasteiger partial charge in [-0.05, 0) is 27.7 Å². The zero-order valence-corrected chi connectivity index (χ0v) is 11.6. The molecule has 1 aromatic heterocycles. The van der Waals surface area contributed by atoms with Gasteiger partial charge in [0, 0.05) is 50.0 Å². The Morgan fingerprint density at radius 2 is 1.94 bits per heavy atom. The minimum atomic E-state index is 0.454. The standard InChI is InChI=1S/C13H24N4/c1-9-6-17(7-10(2)14-9)12(4)13-8-16(5)15-11(13)3/h8-10,12,14H,6-7H2,1-5H3. The van der Waals surface area contributed by atoms with Crippen LogP contribution >= 0.6 is 0 Å². The van der Waals surface area contributed by atoms with Crippen molar-refractivity contribution in [2.45, 2.75) is 45.8 Å². The molecule has 0 amide bonds. The summed E-state index contributed by atoms with van der Waals surface area (Å²) in [7, 11) is 1.99. The van der Waals surface area contributed by atoms with Crippen LogP contribution in [-0.4, -0.2) is 39.9 Å². The van der Waals surface area contributed by atoms with E-state index in [4.69, 9.17) is 0 Å². The Kier molecular flexibility index (Phi) is 3.54. The minimum Gasteiger partial charge on any atom is -0.309 e. The van der Waals surface area contributed by atoms with Crippen molar-refractivity contribution < 1.29 is 0 Å². The smallest absolute Gasteiger partial charge is 0.0641 e. The van der Waals surface area contributed by atoms with E-state index in [1.807, 2.05) is 11.7 Å². The Morgan fingerprint density at radius 3 is 2.41 bits per heavy atom. The molecule has 3 unspecified atom stereocenters. The molecule has 0 bridgehead atoms. The van der Waals surface area contributed by atoms with Crippen molar-refractivity contribution in [3.8, 4) is 0 Å². The molecular weight excluding hydrogens is 212 g/mol. The summed E-state index contributed by atoms with van der Waals surface area (Å²) < 4.78 is 1.91. The van der Waals surface area contributed by atoms with E-state index >= 15 is 0 Å². The first-order valence-corrected chi connectivity index (χ1v) is 6.47. The normalized spacial score (nSPS) is 28.3. The highest BCUT2D eigenvalue weighted by Crippen LogP contribution is 2.24. The Bertz CT molecular complexity index is 375. The number of rotatable bonds is 2. The first-order chi connectivity index (χ1) is 7.97. The van der Waals surface area contributed by atoms with Crippen LogP contribution < -0.4 is 5.32 Å². The van der Waals surface area contributed by atoms with Gasteiger partial charge in [0.25, 0.3) is 0 Å². The molecule has 1 aliphatic heterocycles. The number of nitrogens with one attached hydrogen (secondary N) is 1. The third-order valence-corrected chi connectivity index (χ3v) is 3.64. The van der Waals surface area contributed by atoms with Crippen molar-refractivity contribution >= 4 is 0 Å². The van der Waals surface area contributed by atoms with Crippen LogP contribution in [0.4, 0.5) is 0 Å². The highest BCUT2D eigenvalue weighted by atomic mass is 15.3. The van der Waals surface area contributed by atoms with E-state index in [0.29, 0.717) is 18.1 Å². The van der Waals surface area contributed by atoms with Crippen molar-refractivity contribution in [2.75, 3.05) is 13.1 Å². The van der Waals surface area contributed by atoms with E-state index in [2.05, 4.69) is 49.2 Å². The summed E-state index contributed by atoms with van der Waals surface area (Å²) in [6.07, 6.45) is 2.15. The quantitative estimate of drug-likeness (QED) is 0.844. The van der Waals surface area contributed by atoms with Gasteiger partial charge in [0.1, 0.15) is 0 Å². The monoisotopic (exact) mass is 236 g/mol. The second kappa shape index (κ2) is 4.78. The summed E-state index contributed by atoms with van der Waals surface area (Å²) in [4.78, 5) is 2.55. The predicted octanol–water partition coefficient (Wildman–Crippen LogP) is 1.47. The number of nitrogens with zero attached hydrogens (tertiary/aromatic N) is 3. The molecule has 3 atom stereocenters. The van der Waals surface area contributed by atoms with Gasteiger partial charge in [-0.1, -0.05) is 0 Å². The molecule has 4 nitrogen and oxygen atoms in total. The largest absolute Gasteiger partial charge is 0.309 e. The number of aromatic nitrogens is 2. The van der Waals surface area contributed by atoms with Crippen LogP contribution in [0.15, 0.2) is 6.20 Å². The van der Waals surface area contributed by atoms with Gasteiger partial charge in [-0.15, -0.1) is 0 Å². The number of piperazine rings is 1. The van der Waals surface area contributed by atoms with Crippen LogP contribution in [0.25, 0.3) is 0 Å². The molecule has 1 saturated heterocycles. The van der Waals surface area contributed by atoms with Crippen molar-refractivity contribution in [3.63, 3.8) is 0 Å². The topological polar surface area (TPSA) is 33.1 Å². The highest BCUT2D eigenvalue weighted by Gasteiger charge is 2.26. The molecule has 1 N–H and O–H groups in total. The fourth-order valence-electron chi connectivity index (χ4n) is 2.91. The first kappa shape index (κ1) is 12.6. The summed E-state index contributed by atoms with van der Waals surface area (Å²) in [5, 5.41) is 8.01. The van der Waals surface area contributed by atoms with Crippen LogP contribution in [0.1, 0.15) is 38.1 Å². The van der Waals surface area contributed by atoms with Crippen LogP contribution in [0.5, 0.6) is 0 Å². The van der Waals surface area contributed by atoms with Gasteiger partial charge < -0.3 is 5.32 Å². The zero-order chi connectivity index (χ0) is 12.6. The van der Waals surface area contributed by atoms with E-state index in [9.17, 15) is 0 Å². The summed E-state index contributed by atoms with van der Waals surface area (Å²) in [5.74, 6) is 0. The molecule has 0 spiro atoms. The average molecular weight is 236 g/mol. The molecule has 1 aromatic rings. The van der Waals surface area contributed by atoms with E-state index in [0.717, 1.165) is 18.8 Å². The van der Waals surface area contributed by atoms with Gasteiger partial charge in [-0.25, -0.2) is 0 Å². The molecule has 2 rings (SSSR count). The molecule has 0 aliphatic carbocycles. The molecule has 1 fully saturated rings. The Balaban J connectivity index is 2.14. The predicted molar refractivity (Wildman–Crippen MR) is 70.0 cm³/mol. The second-order valence-electron chi connectivity index (χ2n) is 5.44. The number of hydrogen-bond acceptors (Lipinski definition) is 3. The van der Waals surface area contributed by atoms with Crippen molar-refractivity contribution in [1.29, 1.82) is 0 Å². The second-order valence-corrected chi connectivity index (χ2v) is 5.44. The van der Waals surface area contributed by atoms with E-state index in [-0.39, 0.29) is 0 Å². The SMILES string of the molecule is Cc1nn(C)cc1C(C)N1CC(C)NC(C)C1. The van der Waals surface area contributed by atoms with Gasteiger partial charge in [-0.3, -0.25) is 9.58 Å². The number of hydrogen-bond donors (Lipinski definition) is 1. The van der Waals surface area contributed by atoms with Crippen molar-refractivity contribution in [3.05, 3.63) is 17.5 Å². The summed E-state index contributed by atoms with van der Waals surface area (Å²) in [5.41, 5.74) is 2.51. The van der Waals surface area contributed by atoms with E-state index in [1.54, 1.807) is 0 Å². The highest BCUT2D eigenvalue weighted by molar-refractivity contribution is 5.19. The lowest BCUT2D eigenvalue weighted by Crippen LogP contribution is -2.54. The van der Waals surface area contributed by atoms with Gasteiger partial charge in [0.15, 0.2) is 0 Å². The summed E-state index contributed by atoms with van der Waals surface area (Å²) in [6.45, 7) is 11.1. The molecule has 0 aromatic carbocycles. The van der Waals surface area contributed by atoms with E-state index < -0.39 is 0 Å². The lowest BCUT2D eigenvalue weighted by Gasteiger charge is -2.39. The van der Waals surface area contributed by atoms with Gasteiger partial charge in [-0.2, -0.15) is 5.10 Å². The molecule has 17 heavy (non-hydrogen) atoms. The maximum atomic E-state index is 4.44. The molecule has 0 radical (unpaired) electrons.